The number of aliphatic hydroxyl groups is 1. The topological polar surface area (TPSA) is 88.2 Å². The minimum absolute atomic E-state index is 0.222. The number of imidazole rings is 1. The first-order chi connectivity index (χ1) is 11.2. The molecule has 0 aliphatic carbocycles. The second-order valence-electron chi connectivity index (χ2n) is 6.05. The molecule has 2 heterocycles. The summed E-state index contributed by atoms with van der Waals surface area (Å²) in [4.78, 5) is 18.0. The molecule has 7 heteroatoms. The summed E-state index contributed by atoms with van der Waals surface area (Å²) in [6.07, 6.45) is 1.92. The number of hydrogen-bond donors (Lipinski definition) is 2. The Morgan fingerprint density at radius 2 is 1.96 bits per heavy atom. The second kappa shape index (κ2) is 7.15. The van der Waals surface area contributed by atoms with Crippen LogP contribution in [0, 0.1) is 0 Å². The molecular formula is C17H20ClN3O3. The van der Waals surface area contributed by atoms with Crippen LogP contribution in [0.25, 0.3) is 21.9 Å². The highest BCUT2D eigenvalue weighted by Gasteiger charge is 2.18. The summed E-state index contributed by atoms with van der Waals surface area (Å²) in [7, 11) is 0. The third kappa shape index (κ3) is 4.21. The Bertz CT molecular complexity index is 869. The lowest BCUT2D eigenvalue weighted by atomic mass is 10.1. The first-order valence-electron chi connectivity index (χ1n) is 7.56. The first-order valence-corrected chi connectivity index (χ1v) is 7.94. The molecule has 128 valence electrons. The number of pyridine rings is 1. The van der Waals surface area contributed by atoms with Crippen LogP contribution in [0.5, 0.6) is 0 Å². The van der Waals surface area contributed by atoms with Crippen molar-refractivity contribution in [1.29, 1.82) is 0 Å². The molecule has 24 heavy (non-hydrogen) atoms. The van der Waals surface area contributed by atoms with E-state index >= 15 is 0 Å². The standard InChI is InChI=1S/C14H14ClN3O.C3H6O2/c1-14(2,19)7-18-8-16-11-12(18)9-5-3-4-6-10(9)17-13(11)15;1-2-3(4)5/h3-6,8,19H,7H2,1-2H3;2H2,1H3,(H,4,5). The van der Waals surface area contributed by atoms with Crippen molar-refractivity contribution < 1.29 is 15.0 Å². The van der Waals surface area contributed by atoms with Crippen molar-refractivity contribution in [2.24, 2.45) is 0 Å². The van der Waals surface area contributed by atoms with Gasteiger partial charge in [-0.1, -0.05) is 36.7 Å². The zero-order chi connectivity index (χ0) is 17.9. The number of aromatic nitrogens is 3. The first kappa shape index (κ1) is 18.2. The molecule has 0 fully saturated rings. The average molecular weight is 350 g/mol. The van der Waals surface area contributed by atoms with Gasteiger partial charge in [-0.2, -0.15) is 0 Å². The molecule has 0 unspecified atom stereocenters. The van der Waals surface area contributed by atoms with Crippen LogP contribution in [0.1, 0.15) is 27.2 Å². The van der Waals surface area contributed by atoms with E-state index in [0.717, 1.165) is 16.4 Å². The number of benzene rings is 1. The third-order valence-electron chi connectivity index (χ3n) is 3.27. The predicted molar refractivity (Wildman–Crippen MR) is 94.3 cm³/mol. The van der Waals surface area contributed by atoms with Gasteiger partial charge in [0.25, 0.3) is 0 Å². The maximum Gasteiger partial charge on any atom is 0.303 e. The second-order valence-corrected chi connectivity index (χ2v) is 6.41. The molecule has 0 bridgehead atoms. The van der Waals surface area contributed by atoms with Gasteiger partial charge in [0.15, 0.2) is 5.15 Å². The Labute approximate surface area is 144 Å². The number of rotatable bonds is 3. The lowest BCUT2D eigenvalue weighted by molar-refractivity contribution is -0.136. The summed E-state index contributed by atoms with van der Waals surface area (Å²) >= 11 is 6.17. The Morgan fingerprint density at radius 1 is 1.33 bits per heavy atom. The van der Waals surface area contributed by atoms with E-state index in [0.29, 0.717) is 17.2 Å². The van der Waals surface area contributed by atoms with E-state index < -0.39 is 11.6 Å². The molecule has 0 aliphatic rings. The van der Waals surface area contributed by atoms with E-state index in [1.54, 1.807) is 27.1 Å². The van der Waals surface area contributed by atoms with Gasteiger partial charge >= 0.3 is 5.97 Å². The number of hydrogen-bond acceptors (Lipinski definition) is 4. The summed E-state index contributed by atoms with van der Waals surface area (Å²) < 4.78 is 1.92. The fraction of sp³-hybridized carbons (Fsp3) is 0.353. The fourth-order valence-electron chi connectivity index (χ4n) is 2.28. The Hall–Kier alpha value is -2.18. The smallest absolute Gasteiger partial charge is 0.303 e. The summed E-state index contributed by atoms with van der Waals surface area (Å²) in [5.74, 6) is -0.745. The van der Waals surface area contributed by atoms with Gasteiger partial charge in [-0.05, 0) is 19.9 Å². The zero-order valence-electron chi connectivity index (χ0n) is 13.8. The third-order valence-corrected chi connectivity index (χ3v) is 3.53. The molecule has 0 atom stereocenters. The Kier molecular flexibility index (Phi) is 5.41. The van der Waals surface area contributed by atoms with Crippen LogP contribution in [0.4, 0.5) is 0 Å². The van der Waals surface area contributed by atoms with Crippen molar-refractivity contribution in [3.05, 3.63) is 35.7 Å². The molecule has 0 saturated heterocycles. The van der Waals surface area contributed by atoms with Crippen molar-refractivity contribution >= 4 is 39.5 Å². The number of para-hydroxylation sites is 1. The van der Waals surface area contributed by atoms with E-state index in [4.69, 9.17) is 16.7 Å². The molecule has 6 nitrogen and oxygen atoms in total. The number of carbonyl (C=O) groups is 1. The molecule has 0 spiro atoms. The van der Waals surface area contributed by atoms with Gasteiger partial charge in [-0.15, -0.1) is 0 Å². The molecule has 3 aromatic rings. The van der Waals surface area contributed by atoms with Gasteiger partial charge < -0.3 is 14.8 Å². The molecule has 3 rings (SSSR count). The molecular weight excluding hydrogens is 330 g/mol. The van der Waals surface area contributed by atoms with Gasteiger partial charge in [0.2, 0.25) is 0 Å². The summed E-state index contributed by atoms with van der Waals surface area (Å²) in [6, 6.07) is 7.79. The Morgan fingerprint density at radius 3 is 2.54 bits per heavy atom. The van der Waals surface area contributed by atoms with Gasteiger partial charge in [0.05, 0.1) is 29.5 Å². The predicted octanol–water partition coefficient (Wildman–Crippen LogP) is 3.49. The maximum atomic E-state index is 9.99. The lowest BCUT2D eigenvalue weighted by Crippen LogP contribution is -2.25. The van der Waals surface area contributed by atoms with Crippen molar-refractivity contribution in [1.82, 2.24) is 14.5 Å². The number of carboxylic acid groups (broad SMARTS) is 1. The van der Waals surface area contributed by atoms with Crippen LogP contribution in [0.2, 0.25) is 5.15 Å². The largest absolute Gasteiger partial charge is 0.481 e. The van der Waals surface area contributed by atoms with E-state index in [-0.39, 0.29) is 6.42 Å². The van der Waals surface area contributed by atoms with E-state index in [9.17, 15) is 9.90 Å². The van der Waals surface area contributed by atoms with E-state index in [2.05, 4.69) is 9.97 Å². The SMILES string of the molecule is CC(C)(O)Cn1cnc2c(Cl)nc3ccccc3c21.CCC(=O)O. The van der Waals surface area contributed by atoms with Gasteiger partial charge in [0.1, 0.15) is 5.52 Å². The minimum atomic E-state index is -0.815. The highest BCUT2D eigenvalue weighted by Crippen LogP contribution is 2.28. The molecule has 0 saturated carbocycles. The van der Waals surface area contributed by atoms with Crippen LogP contribution in [0.15, 0.2) is 30.6 Å². The molecule has 2 N–H and O–H groups in total. The van der Waals surface area contributed by atoms with Crippen molar-refractivity contribution in [2.45, 2.75) is 39.3 Å². The zero-order valence-corrected chi connectivity index (χ0v) is 14.6. The molecule has 0 amide bonds. The van der Waals surface area contributed by atoms with Crippen LogP contribution < -0.4 is 0 Å². The van der Waals surface area contributed by atoms with Crippen LogP contribution in [-0.4, -0.2) is 36.3 Å². The van der Waals surface area contributed by atoms with Gasteiger partial charge in [0, 0.05) is 11.8 Å². The quantitative estimate of drug-likeness (QED) is 0.706. The van der Waals surface area contributed by atoms with Crippen molar-refractivity contribution in [2.75, 3.05) is 0 Å². The van der Waals surface area contributed by atoms with Gasteiger partial charge in [-0.25, -0.2) is 9.97 Å². The highest BCUT2D eigenvalue weighted by atomic mass is 35.5. The van der Waals surface area contributed by atoms with Crippen molar-refractivity contribution in [3.63, 3.8) is 0 Å². The molecule has 0 radical (unpaired) electrons. The Balaban J connectivity index is 0.000000368. The highest BCUT2D eigenvalue weighted by molar-refractivity contribution is 6.35. The summed E-state index contributed by atoms with van der Waals surface area (Å²) in [5.41, 5.74) is 1.60. The van der Waals surface area contributed by atoms with E-state index in [1.807, 2.05) is 28.8 Å². The minimum Gasteiger partial charge on any atom is -0.481 e. The van der Waals surface area contributed by atoms with Gasteiger partial charge in [-0.3, -0.25) is 4.79 Å². The van der Waals surface area contributed by atoms with Crippen LogP contribution in [-0.2, 0) is 11.3 Å². The molecule has 1 aromatic carbocycles. The van der Waals surface area contributed by atoms with Crippen LogP contribution >= 0.6 is 11.6 Å². The number of nitrogens with zero attached hydrogens (tertiary/aromatic N) is 3. The number of halogens is 1. The number of fused-ring (bicyclic) bond motifs is 3. The number of aliphatic carboxylic acids is 1. The summed E-state index contributed by atoms with van der Waals surface area (Å²) in [6.45, 7) is 5.59. The normalized spacial score (nSPS) is 11.4. The average Bonchev–Trinajstić information content (AvgIpc) is 2.91. The lowest BCUT2D eigenvalue weighted by Gasteiger charge is -2.18. The summed E-state index contributed by atoms with van der Waals surface area (Å²) in [5, 5.41) is 19.1. The van der Waals surface area contributed by atoms with E-state index in [1.165, 1.54) is 0 Å². The van der Waals surface area contributed by atoms with Crippen LogP contribution in [0.3, 0.4) is 0 Å². The molecule has 2 aromatic heterocycles. The van der Waals surface area contributed by atoms with Crippen molar-refractivity contribution in [3.8, 4) is 0 Å². The fourth-order valence-corrected chi connectivity index (χ4v) is 2.51. The monoisotopic (exact) mass is 349 g/mol. The number of carboxylic acids is 1. The molecule has 0 aliphatic heterocycles. The maximum absolute atomic E-state index is 9.99.